The van der Waals surface area contributed by atoms with E-state index < -0.39 is 24.0 Å². The maximum atomic E-state index is 12.0. The van der Waals surface area contributed by atoms with Gasteiger partial charge in [0.1, 0.15) is 5.75 Å². The molecule has 0 radical (unpaired) electrons. The first kappa shape index (κ1) is 17.5. The van der Waals surface area contributed by atoms with Crippen molar-refractivity contribution < 1.29 is 23.9 Å². The van der Waals surface area contributed by atoms with Gasteiger partial charge < -0.3 is 15.2 Å². The molecule has 0 bridgehead atoms. The van der Waals surface area contributed by atoms with Crippen LogP contribution < -0.4 is 15.8 Å². The van der Waals surface area contributed by atoms with Gasteiger partial charge in [-0.05, 0) is 12.0 Å². The highest BCUT2D eigenvalue weighted by Crippen LogP contribution is 2.19. The van der Waals surface area contributed by atoms with Crippen LogP contribution in [-0.4, -0.2) is 31.1 Å². The predicted octanol–water partition coefficient (Wildman–Crippen LogP) is 1.00. The van der Waals surface area contributed by atoms with Crippen LogP contribution in [0.4, 0.5) is 4.79 Å². The first-order chi connectivity index (χ1) is 10.3. The monoisotopic (exact) mass is 308 g/mol. The maximum Gasteiger partial charge on any atom is 0.318 e. The second-order valence-corrected chi connectivity index (χ2v) is 5.00. The van der Waals surface area contributed by atoms with Gasteiger partial charge in [-0.2, -0.15) is 0 Å². The number of rotatable bonds is 6. The fourth-order valence-corrected chi connectivity index (χ4v) is 1.87. The predicted molar refractivity (Wildman–Crippen MR) is 79.1 cm³/mol. The number of nitrogens with one attached hydrogen (secondary N) is 1. The molecule has 1 atom stereocenters. The molecule has 0 aliphatic carbocycles. The maximum absolute atomic E-state index is 12.0. The van der Waals surface area contributed by atoms with Crippen molar-refractivity contribution in [3.05, 3.63) is 29.8 Å². The van der Waals surface area contributed by atoms with Gasteiger partial charge in [0.15, 0.2) is 6.10 Å². The number of imide groups is 1. The Balaban J connectivity index is 2.75. The quantitative estimate of drug-likeness (QED) is 0.762. The van der Waals surface area contributed by atoms with Gasteiger partial charge in [0.25, 0.3) is 5.91 Å². The lowest BCUT2D eigenvalue weighted by molar-refractivity contribution is -0.157. The summed E-state index contributed by atoms with van der Waals surface area (Å²) in [4.78, 5) is 34.5. The highest BCUT2D eigenvalue weighted by atomic mass is 16.5. The lowest BCUT2D eigenvalue weighted by Gasteiger charge is -2.20. The Morgan fingerprint density at radius 3 is 2.41 bits per heavy atom. The molecule has 0 aliphatic rings. The number of primary amides is 1. The minimum atomic E-state index is -1.09. The molecule has 120 valence electrons. The van der Waals surface area contributed by atoms with E-state index >= 15 is 0 Å². The zero-order chi connectivity index (χ0) is 16.7. The number of nitrogens with two attached hydrogens (primary N) is 1. The molecule has 0 unspecified atom stereocenters. The van der Waals surface area contributed by atoms with E-state index in [0.717, 1.165) is 0 Å². The Labute approximate surface area is 128 Å². The van der Waals surface area contributed by atoms with E-state index in [4.69, 9.17) is 15.2 Å². The Hall–Kier alpha value is -2.57. The summed E-state index contributed by atoms with van der Waals surface area (Å²) in [7, 11) is 1.50. The molecule has 0 saturated carbocycles. The first-order valence-corrected chi connectivity index (χ1v) is 6.76. The van der Waals surface area contributed by atoms with Gasteiger partial charge in [-0.3, -0.25) is 14.9 Å². The summed E-state index contributed by atoms with van der Waals surface area (Å²) in [5.74, 6) is -1.08. The molecule has 3 N–H and O–H groups in total. The summed E-state index contributed by atoms with van der Waals surface area (Å²) < 4.78 is 10.3. The number of amides is 3. The Morgan fingerprint density at radius 1 is 1.23 bits per heavy atom. The lowest BCUT2D eigenvalue weighted by atomic mass is 10.1. The van der Waals surface area contributed by atoms with Crippen molar-refractivity contribution in [2.45, 2.75) is 26.4 Å². The van der Waals surface area contributed by atoms with Crippen LogP contribution in [-0.2, 0) is 20.7 Å². The van der Waals surface area contributed by atoms with E-state index in [1.807, 2.05) is 5.32 Å². The molecule has 22 heavy (non-hydrogen) atoms. The van der Waals surface area contributed by atoms with E-state index in [-0.39, 0.29) is 12.3 Å². The van der Waals surface area contributed by atoms with Crippen molar-refractivity contribution in [1.29, 1.82) is 0 Å². The average Bonchev–Trinajstić information content (AvgIpc) is 2.44. The standard InChI is InChI=1S/C15H20N2O5/c1-9(2)13(14(19)17-15(16)20)22-12(18)8-10-6-4-5-7-11(10)21-3/h4-7,9,13H,8H2,1-3H3,(H3,16,17,19,20)/t13-/m1/s1. The van der Waals surface area contributed by atoms with E-state index in [2.05, 4.69) is 0 Å². The minimum absolute atomic E-state index is 0.0446. The van der Waals surface area contributed by atoms with Crippen LogP contribution >= 0.6 is 0 Å². The molecule has 3 amide bonds. The van der Waals surface area contributed by atoms with E-state index in [0.29, 0.717) is 11.3 Å². The van der Waals surface area contributed by atoms with Gasteiger partial charge in [-0.1, -0.05) is 32.0 Å². The lowest BCUT2D eigenvalue weighted by Crippen LogP contribution is -2.45. The topological polar surface area (TPSA) is 108 Å². The van der Waals surface area contributed by atoms with Crippen molar-refractivity contribution >= 4 is 17.9 Å². The average molecular weight is 308 g/mol. The van der Waals surface area contributed by atoms with Gasteiger partial charge >= 0.3 is 12.0 Å². The third-order valence-electron chi connectivity index (χ3n) is 2.90. The second-order valence-electron chi connectivity index (χ2n) is 5.00. The van der Waals surface area contributed by atoms with Crippen molar-refractivity contribution in [2.24, 2.45) is 11.7 Å². The molecular weight excluding hydrogens is 288 g/mol. The van der Waals surface area contributed by atoms with Crippen LogP contribution in [0.15, 0.2) is 24.3 Å². The number of esters is 1. The number of methoxy groups -OCH3 is 1. The zero-order valence-corrected chi connectivity index (χ0v) is 12.8. The molecule has 1 aromatic rings. The molecular formula is C15H20N2O5. The normalized spacial score (nSPS) is 11.6. The smallest absolute Gasteiger partial charge is 0.318 e. The van der Waals surface area contributed by atoms with E-state index in [9.17, 15) is 14.4 Å². The summed E-state index contributed by atoms with van der Waals surface area (Å²) in [6.45, 7) is 3.39. The van der Waals surface area contributed by atoms with Crippen molar-refractivity contribution in [1.82, 2.24) is 5.32 Å². The molecule has 0 fully saturated rings. The van der Waals surface area contributed by atoms with Crippen LogP contribution in [0.5, 0.6) is 5.75 Å². The van der Waals surface area contributed by atoms with Gasteiger partial charge in [0.2, 0.25) is 0 Å². The summed E-state index contributed by atoms with van der Waals surface area (Å²) in [6, 6.07) is 6.02. The molecule has 7 heteroatoms. The first-order valence-electron chi connectivity index (χ1n) is 6.76. The molecule has 0 aromatic heterocycles. The largest absolute Gasteiger partial charge is 0.496 e. The highest BCUT2D eigenvalue weighted by molar-refractivity contribution is 5.96. The van der Waals surface area contributed by atoms with Gasteiger partial charge in [-0.25, -0.2) is 4.79 Å². The Bertz CT molecular complexity index is 557. The molecule has 1 aromatic carbocycles. The van der Waals surface area contributed by atoms with Crippen LogP contribution in [0.1, 0.15) is 19.4 Å². The third kappa shape index (κ3) is 5.08. The minimum Gasteiger partial charge on any atom is -0.496 e. The summed E-state index contributed by atoms with van der Waals surface area (Å²) >= 11 is 0. The second kappa shape index (κ2) is 8.02. The van der Waals surface area contributed by atoms with Gasteiger partial charge in [0.05, 0.1) is 13.5 Å². The summed E-state index contributed by atoms with van der Waals surface area (Å²) in [5, 5.41) is 1.91. The number of ether oxygens (including phenoxy) is 2. The zero-order valence-electron chi connectivity index (χ0n) is 12.8. The van der Waals surface area contributed by atoms with Crippen LogP contribution in [0, 0.1) is 5.92 Å². The van der Waals surface area contributed by atoms with Crippen LogP contribution in [0.25, 0.3) is 0 Å². The number of urea groups is 1. The third-order valence-corrected chi connectivity index (χ3v) is 2.90. The van der Waals surface area contributed by atoms with Crippen molar-refractivity contribution in [3.8, 4) is 5.75 Å². The van der Waals surface area contributed by atoms with E-state index in [1.165, 1.54) is 7.11 Å². The molecule has 0 spiro atoms. The number of carbonyl (C=O) groups is 3. The number of carbonyl (C=O) groups excluding carboxylic acids is 3. The Kier molecular flexibility index (Phi) is 6.37. The molecule has 0 saturated heterocycles. The molecule has 1 rings (SSSR count). The van der Waals surface area contributed by atoms with Crippen LogP contribution in [0.2, 0.25) is 0 Å². The number of hydrogen-bond donors (Lipinski definition) is 2. The van der Waals surface area contributed by atoms with Crippen molar-refractivity contribution in [2.75, 3.05) is 7.11 Å². The molecule has 0 heterocycles. The number of para-hydroxylation sites is 1. The molecule has 7 nitrogen and oxygen atoms in total. The van der Waals surface area contributed by atoms with Gasteiger partial charge in [0, 0.05) is 5.56 Å². The fourth-order valence-electron chi connectivity index (χ4n) is 1.87. The number of benzene rings is 1. The Morgan fingerprint density at radius 2 is 1.86 bits per heavy atom. The highest BCUT2D eigenvalue weighted by Gasteiger charge is 2.27. The SMILES string of the molecule is COc1ccccc1CC(=O)O[C@@H](C(=O)NC(N)=O)C(C)C. The van der Waals surface area contributed by atoms with Crippen LogP contribution in [0.3, 0.4) is 0 Å². The number of hydrogen-bond acceptors (Lipinski definition) is 5. The van der Waals surface area contributed by atoms with Gasteiger partial charge in [-0.15, -0.1) is 0 Å². The summed E-state index contributed by atoms with van der Waals surface area (Å²) in [6.07, 6.45) is -1.13. The van der Waals surface area contributed by atoms with E-state index in [1.54, 1.807) is 38.1 Å². The summed E-state index contributed by atoms with van der Waals surface area (Å²) in [5.41, 5.74) is 5.54. The van der Waals surface area contributed by atoms with Crippen molar-refractivity contribution in [3.63, 3.8) is 0 Å². The fraction of sp³-hybridized carbons (Fsp3) is 0.400. The molecule has 0 aliphatic heterocycles.